The van der Waals surface area contributed by atoms with Gasteiger partial charge in [0.25, 0.3) is 0 Å². The van der Waals surface area contributed by atoms with Crippen LogP contribution in [0.3, 0.4) is 0 Å². The van der Waals surface area contributed by atoms with Crippen LogP contribution >= 0.6 is 0 Å². The SMILES string of the molecule is COc1cccc(OC)c1-c1cc(N(C=O)[C@@H](CCC2CCCCC2)CC(=O)O)nn1CC(C)C. The van der Waals surface area contributed by atoms with Crippen LogP contribution in [-0.2, 0) is 16.1 Å². The average Bonchev–Trinajstić information content (AvgIpc) is 3.24. The van der Waals surface area contributed by atoms with Crippen molar-refractivity contribution in [1.29, 1.82) is 0 Å². The Bertz CT molecular complexity index is 959. The maximum absolute atomic E-state index is 12.3. The third-order valence-electron chi connectivity index (χ3n) is 6.80. The Hall–Kier alpha value is -3.03. The largest absolute Gasteiger partial charge is 0.496 e. The number of aliphatic carboxylic acids is 1. The molecule has 2 aromatic rings. The number of carbonyl (C=O) groups is 2. The lowest BCUT2D eigenvalue weighted by Crippen LogP contribution is -2.37. The molecule has 192 valence electrons. The van der Waals surface area contributed by atoms with Gasteiger partial charge < -0.3 is 14.6 Å². The van der Waals surface area contributed by atoms with Crippen LogP contribution in [-0.4, -0.2) is 47.5 Å². The summed E-state index contributed by atoms with van der Waals surface area (Å²) in [5.41, 5.74) is 1.51. The van der Waals surface area contributed by atoms with Crippen molar-refractivity contribution in [2.24, 2.45) is 11.8 Å². The van der Waals surface area contributed by atoms with E-state index in [0.717, 1.165) is 24.1 Å². The molecule has 0 radical (unpaired) electrons. The van der Waals surface area contributed by atoms with Gasteiger partial charge in [0.2, 0.25) is 6.41 Å². The molecule has 0 unspecified atom stereocenters. The van der Waals surface area contributed by atoms with E-state index in [-0.39, 0.29) is 6.42 Å². The molecular weight excluding hydrogens is 446 g/mol. The molecule has 1 heterocycles. The maximum atomic E-state index is 12.3. The number of ether oxygens (including phenoxy) is 2. The second kappa shape index (κ2) is 12.6. The van der Waals surface area contributed by atoms with Crippen molar-refractivity contribution in [3.05, 3.63) is 24.3 Å². The Balaban J connectivity index is 2.00. The summed E-state index contributed by atoms with van der Waals surface area (Å²) in [5, 5.41) is 14.4. The summed E-state index contributed by atoms with van der Waals surface area (Å²) in [4.78, 5) is 25.6. The standard InChI is InChI=1S/C27H39N3O5/c1-19(2)17-30-22(27-23(34-3)11-8-12-24(27)35-4)16-25(28-30)29(18-31)21(15-26(32)33)14-13-20-9-6-5-7-10-20/h8,11-12,16,18-21H,5-7,9-10,13-15,17H2,1-4H3,(H,32,33)/t21-/m0/s1. The van der Waals surface area contributed by atoms with Crippen LogP contribution in [0.15, 0.2) is 24.3 Å². The number of rotatable bonds is 13. The van der Waals surface area contributed by atoms with Gasteiger partial charge in [-0.1, -0.05) is 52.0 Å². The highest BCUT2D eigenvalue weighted by molar-refractivity contribution is 5.81. The van der Waals surface area contributed by atoms with Gasteiger partial charge in [0.1, 0.15) is 11.5 Å². The van der Waals surface area contributed by atoms with Gasteiger partial charge in [0, 0.05) is 18.7 Å². The minimum Gasteiger partial charge on any atom is -0.496 e. The molecule has 1 aliphatic rings. The molecule has 1 aromatic heterocycles. The van der Waals surface area contributed by atoms with Crippen molar-refractivity contribution in [1.82, 2.24) is 9.78 Å². The van der Waals surface area contributed by atoms with Crippen LogP contribution in [0.4, 0.5) is 5.82 Å². The van der Waals surface area contributed by atoms with E-state index in [9.17, 15) is 14.7 Å². The Labute approximate surface area is 208 Å². The van der Waals surface area contributed by atoms with Crippen molar-refractivity contribution in [3.63, 3.8) is 0 Å². The first-order chi connectivity index (χ1) is 16.9. The van der Waals surface area contributed by atoms with Crippen LogP contribution in [0.2, 0.25) is 0 Å². The number of aromatic nitrogens is 2. The Morgan fingerprint density at radius 1 is 1.20 bits per heavy atom. The molecule has 8 nitrogen and oxygen atoms in total. The Kier molecular flexibility index (Phi) is 9.57. The summed E-state index contributed by atoms with van der Waals surface area (Å²) >= 11 is 0. The fraction of sp³-hybridized carbons (Fsp3) is 0.593. The zero-order chi connectivity index (χ0) is 25.4. The lowest BCUT2D eigenvalue weighted by molar-refractivity contribution is -0.137. The minimum absolute atomic E-state index is 0.115. The molecule has 1 fully saturated rings. The smallest absolute Gasteiger partial charge is 0.305 e. The normalized spacial score (nSPS) is 15.1. The van der Waals surface area contributed by atoms with Crippen LogP contribution in [0.5, 0.6) is 11.5 Å². The molecule has 0 spiro atoms. The summed E-state index contributed by atoms with van der Waals surface area (Å²) in [7, 11) is 3.21. The molecule has 0 aliphatic heterocycles. The van der Waals surface area contributed by atoms with E-state index in [4.69, 9.17) is 14.6 Å². The van der Waals surface area contributed by atoms with Crippen molar-refractivity contribution >= 4 is 18.2 Å². The van der Waals surface area contributed by atoms with E-state index >= 15 is 0 Å². The molecule has 35 heavy (non-hydrogen) atoms. The van der Waals surface area contributed by atoms with Crippen molar-refractivity contribution < 1.29 is 24.2 Å². The molecule has 1 atom stereocenters. The number of carboxylic acids is 1. The zero-order valence-corrected chi connectivity index (χ0v) is 21.4. The van der Waals surface area contributed by atoms with E-state index in [1.165, 1.54) is 37.0 Å². The number of anilines is 1. The molecule has 3 rings (SSSR count). The van der Waals surface area contributed by atoms with E-state index < -0.39 is 12.0 Å². The number of nitrogens with zero attached hydrogens (tertiary/aromatic N) is 3. The second-order valence-electron chi connectivity index (χ2n) is 9.85. The number of hydrogen-bond donors (Lipinski definition) is 1. The second-order valence-corrected chi connectivity index (χ2v) is 9.85. The number of hydrogen-bond acceptors (Lipinski definition) is 5. The molecule has 1 amide bonds. The Morgan fingerprint density at radius 2 is 1.86 bits per heavy atom. The lowest BCUT2D eigenvalue weighted by atomic mass is 9.85. The molecule has 0 saturated heterocycles. The first-order valence-electron chi connectivity index (χ1n) is 12.6. The summed E-state index contributed by atoms with van der Waals surface area (Å²) in [6.07, 6.45) is 8.27. The van der Waals surface area contributed by atoms with E-state index in [0.29, 0.717) is 42.1 Å². The van der Waals surface area contributed by atoms with Crippen molar-refractivity contribution in [2.45, 2.75) is 77.8 Å². The highest BCUT2D eigenvalue weighted by atomic mass is 16.5. The van der Waals surface area contributed by atoms with Crippen molar-refractivity contribution in [3.8, 4) is 22.8 Å². The van der Waals surface area contributed by atoms with Gasteiger partial charge in [-0.15, -0.1) is 0 Å². The molecule has 0 bridgehead atoms. The third kappa shape index (κ3) is 6.77. The predicted molar refractivity (Wildman–Crippen MR) is 136 cm³/mol. The summed E-state index contributed by atoms with van der Waals surface area (Å²) in [5.74, 6) is 1.70. The fourth-order valence-corrected chi connectivity index (χ4v) is 5.09. The number of carbonyl (C=O) groups excluding carboxylic acids is 1. The molecule has 1 N–H and O–H groups in total. The highest BCUT2D eigenvalue weighted by Gasteiger charge is 2.28. The quantitative estimate of drug-likeness (QED) is 0.382. The molecule has 1 aromatic carbocycles. The monoisotopic (exact) mass is 485 g/mol. The van der Waals surface area contributed by atoms with Gasteiger partial charge in [0.15, 0.2) is 5.82 Å². The van der Waals surface area contributed by atoms with Crippen LogP contribution in [0.25, 0.3) is 11.3 Å². The maximum Gasteiger partial charge on any atom is 0.305 e. The van der Waals surface area contributed by atoms with E-state index in [1.54, 1.807) is 14.2 Å². The van der Waals surface area contributed by atoms with Crippen LogP contribution < -0.4 is 14.4 Å². The number of benzene rings is 1. The highest BCUT2D eigenvalue weighted by Crippen LogP contribution is 2.40. The number of amides is 1. The van der Waals surface area contributed by atoms with Gasteiger partial charge in [0.05, 0.1) is 31.9 Å². The van der Waals surface area contributed by atoms with Gasteiger partial charge >= 0.3 is 5.97 Å². The fourth-order valence-electron chi connectivity index (χ4n) is 5.09. The third-order valence-corrected chi connectivity index (χ3v) is 6.80. The van der Waals surface area contributed by atoms with Crippen molar-refractivity contribution in [2.75, 3.05) is 19.1 Å². The molecule has 1 saturated carbocycles. The van der Waals surface area contributed by atoms with Gasteiger partial charge in [-0.05, 0) is 36.8 Å². The lowest BCUT2D eigenvalue weighted by Gasteiger charge is -2.28. The summed E-state index contributed by atoms with van der Waals surface area (Å²) < 4.78 is 13.1. The minimum atomic E-state index is -0.918. The van der Waals surface area contributed by atoms with Crippen LogP contribution in [0, 0.1) is 11.8 Å². The van der Waals surface area contributed by atoms with Gasteiger partial charge in [-0.3, -0.25) is 19.2 Å². The average molecular weight is 486 g/mol. The molecule has 8 heteroatoms. The topological polar surface area (TPSA) is 93.9 Å². The molecular formula is C27H39N3O5. The van der Waals surface area contributed by atoms with E-state index in [1.807, 2.05) is 28.9 Å². The van der Waals surface area contributed by atoms with Gasteiger partial charge in [-0.2, -0.15) is 5.10 Å². The number of methoxy groups -OCH3 is 2. The summed E-state index contributed by atoms with van der Waals surface area (Å²) in [6, 6.07) is 6.96. The first kappa shape index (κ1) is 26.6. The first-order valence-corrected chi connectivity index (χ1v) is 12.6. The Morgan fingerprint density at radius 3 is 2.40 bits per heavy atom. The van der Waals surface area contributed by atoms with Gasteiger partial charge in [-0.25, -0.2) is 0 Å². The number of carboxylic acid groups (broad SMARTS) is 1. The predicted octanol–water partition coefficient (Wildman–Crippen LogP) is 5.39. The van der Waals surface area contributed by atoms with E-state index in [2.05, 4.69) is 13.8 Å². The summed E-state index contributed by atoms with van der Waals surface area (Å²) in [6.45, 7) is 4.81. The molecule has 1 aliphatic carbocycles. The van der Waals surface area contributed by atoms with Crippen LogP contribution in [0.1, 0.15) is 65.2 Å². The zero-order valence-electron chi connectivity index (χ0n) is 21.4.